The molecule has 1 fully saturated rings. The number of aromatic amines is 1. The summed E-state index contributed by atoms with van der Waals surface area (Å²) >= 11 is 1.14. The number of carbonyl (C=O) groups is 2. The Morgan fingerprint density at radius 3 is 2.67 bits per heavy atom. The molecule has 0 saturated heterocycles. The Labute approximate surface area is 157 Å². The first-order valence-corrected chi connectivity index (χ1v) is 9.04. The van der Waals surface area contributed by atoms with E-state index in [1.807, 2.05) is 0 Å². The lowest BCUT2D eigenvalue weighted by Crippen LogP contribution is -2.27. The van der Waals surface area contributed by atoms with Crippen LogP contribution in [0.25, 0.3) is 0 Å². The van der Waals surface area contributed by atoms with Gasteiger partial charge in [0.05, 0.1) is 18.1 Å². The van der Waals surface area contributed by atoms with Gasteiger partial charge in [-0.2, -0.15) is 5.10 Å². The monoisotopic (exact) mass is 386 g/mol. The number of halogens is 1. The molecule has 0 spiro atoms. The van der Waals surface area contributed by atoms with Crippen molar-refractivity contribution in [1.29, 1.82) is 0 Å². The summed E-state index contributed by atoms with van der Waals surface area (Å²) in [5.74, 6) is -1.03. The molecule has 1 aliphatic carbocycles. The molecule has 4 N–H and O–H groups in total. The number of thiazole rings is 1. The van der Waals surface area contributed by atoms with Crippen LogP contribution in [0.2, 0.25) is 0 Å². The minimum Gasteiger partial charge on any atom is -0.348 e. The van der Waals surface area contributed by atoms with E-state index in [1.54, 1.807) is 12.1 Å². The van der Waals surface area contributed by atoms with Gasteiger partial charge in [-0.25, -0.2) is 9.37 Å². The smallest absolute Gasteiger partial charge is 0.271 e. The van der Waals surface area contributed by atoms with Crippen LogP contribution in [0, 0.1) is 5.82 Å². The van der Waals surface area contributed by atoms with Crippen molar-refractivity contribution in [2.24, 2.45) is 0 Å². The Bertz CT molecular complexity index is 979. The Hall–Kier alpha value is -3.27. The van der Waals surface area contributed by atoms with Gasteiger partial charge in [-0.05, 0) is 37.1 Å². The third-order valence-corrected chi connectivity index (χ3v) is 4.76. The number of carbonyl (C=O) groups excluding carboxylic acids is 2. The van der Waals surface area contributed by atoms with Crippen LogP contribution in [-0.2, 0) is 0 Å². The van der Waals surface area contributed by atoms with Gasteiger partial charge in [0.15, 0.2) is 5.13 Å². The lowest BCUT2D eigenvalue weighted by Gasteiger charge is -2.05. The van der Waals surface area contributed by atoms with Gasteiger partial charge in [0.1, 0.15) is 16.4 Å². The first-order chi connectivity index (χ1) is 13.1. The molecular weight excluding hydrogens is 371 g/mol. The summed E-state index contributed by atoms with van der Waals surface area (Å²) in [4.78, 5) is 29.1. The van der Waals surface area contributed by atoms with Crippen molar-refractivity contribution >= 4 is 39.7 Å². The van der Waals surface area contributed by atoms with Crippen molar-refractivity contribution in [1.82, 2.24) is 20.5 Å². The zero-order valence-electron chi connectivity index (χ0n) is 14.0. The molecule has 8 nitrogen and oxygen atoms in total. The summed E-state index contributed by atoms with van der Waals surface area (Å²) in [7, 11) is 0. The van der Waals surface area contributed by atoms with E-state index in [9.17, 15) is 14.0 Å². The molecule has 27 heavy (non-hydrogen) atoms. The number of rotatable bonds is 6. The van der Waals surface area contributed by atoms with Crippen LogP contribution in [0.3, 0.4) is 0 Å². The number of nitrogens with zero attached hydrogens (tertiary/aromatic N) is 2. The third kappa shape index (κ3) is 4.11. The van der Waals surface area contributed by atoms with Crippen LogP contribution in [0.5, 0.6) is 0 Å². The fraction of sp³-hybridized carbons (Fsp3) is 0.176. The first kappa shape index (κ1) is 17.2. The fourth-order valence-electron chi connectivity index (χ4n) is 2.32. The molecule has 0 radical (unpaired) electrons. The molecule has 10 heteroatoms. The summed E-state index contributed by atoms with van der Waals surface area (Å²) in [5, 5.41) is 15.4. The van der Waals surface area contributed by atoms with Gasteiger partial charge in [-0.15, -0.1) is 0 Å². The number of aromatic nitrogens is 3. The Morgan fingerprint density at radius 1 is 1.15 bits per heavy atom. The number of nitrogens with one attached hydrogen (secondary N) is 4. The highest BCUT2D eigenvalue weighted by atomic mass is 32.1. The number of hydrogen-bond acceptors (Lipinski definition) is 6. The number of H-pyrrole nitrogens is 1. The molecule has 2 amide bonds. The van der Waals surface area contributed by atoms with Crippen molar-refractivity contribution < 1.29 is 14.0 Å². The van der Waals surface area contributed by atoms with E-state index in [4.69, 9.17) is 0 Å². The summed E-state index contributed by atoms with van der Waals surface area (Å²) in [6.07, 6.45) is 4.74. The van der Waals surface area contributed by atoms with Crippen molar-refractivity contribution in [3.8, 4) is 0 Å². The van der Waals surface area contributed by atoms with Crippen molar-refractivity contribution in [3.05, 3.63) is 53.0 Å². The molecule has 1 saturated carbocycles. The van der Waals surface area contributed by atoms with Gasteiger partial charge in [-0.1, -0.05) is 11.3 Å². The highest BCUT2D eigenvalue weighted by molar-refractivity contribution is 7.17. The van der Waals surface area contributed by atoms with Crippen molar-refractivity contribution in [3.63, 3.8) is 0 Å². The maximum absolute atomic E-state index is 12.9. The maximum Gasteiger partial charge on any atom is 0.271 e. The highest BCUT2D eigenvalue weighted by Crippen LogP contribution is 2.24. The molecule has 1 aliphatic rings. The minimum atomic E-state index is -0.401. The standard InChI is InChI=1S/C17H15FN6O2S/c18-9-1-3-11(4-2-9)22-17-19-8-13(27-17)15(25)23-12-7-20-24-14(12)16(26)21-10-5-6-10/h1-4,7-8,10H,5-6H2,(H,19,22)(H,20,24)(H,21,26)(H,23,25). The molecule has 3 aromatic rings. The van der Waals surface area contributed by atoms with Crippen LogP contribution in [0.1, 0.15) is 33.0 Å². The van der Waals surface area contributed by atoms with E-state index in [2.05, 4.69) is 31.1 Å². The van der Waals surface area contributed by atoms with E-state index in [-0.39, 0.29) is 23.5 Å². The number of benzene rings is 1. The van der Waals surface area contributed by atoms with Gasteiger partial charge in [0.25, 0.3) is 11.8 Å². The normalized spacial score (nSPS) is 13.2. The lowest BCUT2D eigenvalue weighted by molar-refractivity contribution is 0.0947. The Balaban J connectivity index is 1.42. The molecule has 4 rings (SSSR count). The van der Waals surface area contributed by atoms with E-state index in [0.29, 0.717) is 21.4 Å². The topological polar surface area (TPSA) is 112 Å². The number of amides is 2. The van der Waals surface area contributed by atoms with Crippen LogP contribution in [0.15, 0.2) is 36.7 Å². The molecule has 0 bridgehead atoms. The Morgan fingerprint density at radius 2 is 1.93 bits per heavy atom. The SMILES string of the molecule is O=C(Nc1cn[nH]c1C(=O)NC1CC1)c1cnc(Nc2ccc(F)cc2)s1. The zero-order chi connectivity index (χ0) is 18.8. The molecule has 0 atom stereocenters. The largest absolute Gasteiger partial charge is 0.348 e. The van der Waals surface area contributed by atoms with E-state index in [0.717, 1.165) is 24.2 Å². The predicted octanol–water partition coefficient (Wildman–Crippen LogP) is 2.89. The molecule has 0 aliphatic heterocycles. The second kappa shape index (κ2) is 7.16. The van der Waals surface area contributed by atoms with Crippen molar-refractivity contribution in [2.45, 2.75) is 18.9 Å². The van der Waals surface area contributed by atoms with Crippen molar-refractivity contribution in [2.75, 3.05) is 10.6 Å². The van der Waals surface area contributed by atoms with E-state index in [1.165, 1.54) is 24.5 Å². The predicted molar refractivity (Wildman–Crippen MR) is 98.8 cm³/mol. The van der Waals surface area contributed by atoms with Gasteiger partial charge >= 0.3 is 0 Å². The molecule has 2 aromatic heterocycles. The number of hydrogen-bond donors (Lipinski definition) is 4. The van der Waals surface area contributed by atoms with Crippen LogP contribution >= 0.6 is 11.3 Å². The molecule has 1 aromatic carbocycles. The number of anilines is 3. The second-order valence-corrected chi connectivity index (χ2v) is 7.05. The van der Waals surface area contributed by atoms with Gasteiger partial charge in [-0.3, -0.25) is 14.7 Å². The summed E-state index contributed by atoms with van der Waals surface area (Å²) in [6.45, 7) is 0. The summed E-state index contributed by atoms with van der Waals surface area (Å²) < 4.78 is 12.9. The molecule has 138 valence electrons. The average Bonchev–Trinajstić information content (AvgIpc) is 3.15. The van der Waals surface area contributed by atoms with E-state index >= 15 is 0 Å². The molecular formula is C17H15FN6O2S. The van der Waals surface area contributed by atoms with Crippen LogP contribution < -0.4 is 16.0 Å². The van der Waals surface area contributed by atoms with Crippen LogP contribution in [0.4, 0.5) is 20.9 Å². The lowest BCUT2D eigenvalue weighted by atomic mass is 10.3. The molecule has 0 unspecified atom stereocenters. The Kier molecular flexibility index (Phi) is 4.55. The maximum atomic E-state index is 12.9. The fourth-order valence-corrected chi connectivity index (χ4v) is 3.05. The summed E-state index contributed by atoms with van der Waals surface area (Å²) in [5.41, 5.74) is 1.18. The second-order valence-electron chi connectivity index (χ2n) is 6.02. The van der Waals surface area contributed by atoms with E-state index < -0.39 is 5.91 Å². The highest BCUT2D eigenvalue weighted by Gasteiger charge is 2.26. The first-order valence-electron chi connectivity index (χ1n) is 8.22. The summed E-state index contributed by atoms with van der Waals surface area (Å²) in [6, 6.07) is 6.01. The van der Waals surface area contributed by atoms with Gasteiger partial charge in [0.2, 0.25) is 0 Å². The van der Waals surface area contributed by atoms with Crippen LogP contribution in [-0.4, -0.2) is 33.0 Å². The zero-order valence-corrected chi connectivity index (χ0v) is 14.8. The minimum absolute atomic E-state index is 0.200. The molecule has 2 heterocycles. The van der Waals surface area contributed by atoms with Gasteiger partial charge < -0.3 is 16.0 Å². The quantitative estimate of drug-likeness (QED) is 0.520. The average molecular weight is 386 g/mol. The third-order valence-electron chi connectivity index (χ3n) is 3.85. The van der Waals surface area contributed by atoms with Gasteiger partial charge in [0, 0.05) is 11.7 Å².